The summed E-state index contributed by atoms with van der Waals surface area (Å²) >= 11 is 0. The van der Waals surface area contributed by atoms with Gasteiger partial charge >= 0.3 is 0 Å². The van der Waals surface area contributed by atoms with Crippen LogP contribution in [0, 0.1) is 10.1 Å². The van der Waals surface area contributed by atoms with Gasteiger partial charge in [-0.1, -0.05) is 12.1 Å². The molecular formula is C21H28N4O5. The molecule has 9 heteroatoms. The average Bonchev–Trinajstić information content (AvgIpc) is 2.79. The van der Waals surface area contributed by atoms with E-state index >= 15 is 0 Å². The zero-order valence-corrected chi connectivity index (χ0v) is 17.5. The van der Waals surface area contributed by atoms with Crippen molar-refractivity contribution in [2.45, 2.75) is 13.0 Å². The zero-order chi connectivity index (χ0) is 21.3. The Balaban J connectivity index is 1.77. The van der Waals surface area contributed by atoms with E-state index in [1.165, 1.54) is 12.3 Å². The molecule has 2 heterocycles. The lowest BCUT2D eigenvalue weighted by Gasteiger charge is -2.29. The Morgan fingerprint density at radius 2 is 2.00 bits per heavy atom. The molecule has 1 saturated heterocycles. The van der Waals surface area contributed by atoms with Crippen molar-refractivity contribution in [2.75, 3.05) is 58.5 Å². The molecule has 1 fully saturated rings. The van der Waals surface area contributed by atoms with Crippen LogP contribution in [0.5, 0.6) is 11.5 Å². The van der Waals surface area contributed by atoms with E-state index in [9.17, 15) is 10.1 Å². The quantitative estimate of drug-likeness (QED) is 0.431. The minimum Gasteiger partial charge on any atom is -0.493 e. The second-order valence-electron chi connectivity index (χ2n) is 7.01. The van der Waals surface area contributed by atoms with Crippen LogP contribution in [0.25, 0.3) is 0 Å². The van der Waals surface area contributed by atoms with Crippen LogP contribution in [0.1, 0.15) is 12.0 Å². The van der Waals surface area contributed by atoms with Crippen molar-refractivity contribution in [3.8, 4) is 11.5 Å². The molecule has 0 amide bonds. The van der Waals surface area contributed by atoms with Crippen LogP contribution < -0.4 is 14.4 Å². The number of aromatic nitrogens is 1. The number of benzene rings is 1. The van der Waals surface area contributed by atoms with Gasteiger partial charge in [-0.2, -0.15) is 0 Å². The Morgan fingerprint density at radius 3 is 2.63 bits per heavy atom. The van der Waals surface area contributed by atoms with Crippen LogP contribution in [0.15, 0.2) is 36.5 Å². The number of nitrogens with zero attached hydrogens (tertiary/aromatic N) is 4. The molecule has 1 aromatic carbocycles. The molecule has 1 aliphatic heterocycles. The van der Waals surface area contributed by atoms with Crippen LogP contribution >= 0.6 is 0 Å². The number of para-hydroxylation sites is 1. The van der Waals surface area contributed by atoms with Crippen molar-refractivity contribution in [1.29, 1.82) is 0 Å². The lowest BCUT2D eigenvalue weighted by Crippen LogP contribution is -2.38. The van der Waals surface area contributed by atoms with Crippen molar-refractivity contribution in [2.24, 2.45) is 0 Å². The lowest BCUT2D eigenvalue weighted by molar-refractivity contribution is -0.385. The van der Waals surface area contributed by atoms with Crippen LogP contribution in [-0.2, 0) is 11.3 Å². The number of morpholine rings is 1. The van der Waals surface area contributed by atoms with Crippen LogP contribution in [0.4, 0.5) is 11.5 Å². The van der Waals surface area contributed by atoms with E-state index in [0.29, 0.717) is 23.9 Å². The van der Waals surface area contributed by atoms with E-state index in [1.807, 2.05) is 18.2 Å². The molecule has 1 aliphatic rings. The maximum Gasteiger partial charge on any atom is 0.287 e. The number of ether oxygens (including phenoxy) is 3. The first-order valence-electron chi connectivity index (χ1n) is 9.97. The molecule has 30 heavy (non-hydrogen) atoms. The fourth-order valence-corrected chi connectivity index (χ4v) is 3.54. The molecule has 0 radical (unpaired) electrons. The van der Waals surface area contributed by atoms with E-state index < -0.39 is 4.92 Å². The summed E-state index contributed by atoms with van der Waals surface area (Å²) in [5, 5.41) is 11.0. The molecule has 0 aliphatic carbocycles. The van der Waals surface area contributed by atoms with E-state index in [4.69, 9.17) is 14.2 Å². The summed E-state index contributed by atoms with van der Waals surface area (Å²) in [5.41, 5.74) is 0.939. The van der Waals surface area contributed by atoms with E-state index in [0.717, 1.165) is 51.4 Å². The first-order valence-corrected chi connectivity index (χ1v) is 9.97. The number of rotatable bonds is 10. The normalized spacial score (nSPS) is 14.3. The SMILES string of the molecule is COc1cccc(CN(CCCN2CCOCC2)c2ccc([N+](=O)[O-])cn2)c1OC. The predicted octanol–water partition coefficient (Wildman–Crippen LogP) is 2.74. The molecule has 0 atom stereocenters. The highest BCUT2D eigenvalue weighted by Crippen LogP contribution is 2.32. The predicted molar refractivity (Wildman–Crippen MR) is 113 cm³/mol. The average molecular weight is 416 g/mol. The van der Waals surface area contributed by atoms with Gasteiger partial charge in [0.15, 0.2) is 11.5 Å². The summed E-state index contributed by atoms with van der Waals surface area (Å²) in [6.07, 6.45) is 2.23. The van der Waals surface area contributed by atoms with Gasteiger partial charge < -0.3 is 19.1 Å². The van der Waals surface area contributed by atoms with Crippen molar-refractivity contribution in [3.63, 3.8) is 0 Å². The molecule has 2 aromatic rings. The molecule has 3 rings (SSSR count). The van der Waals surface area contributed by atoms with Gasteiger partial charge in [-0.3, -0.25) is 15.0 Å². The van der Waals surface area contributed by atoms with Crippen molar-refractivity contribution < 1.29 is 19.1 Å². The second-order valence-corrected chi connectivity index (χ2v) is 7.01. The number of methoxy groups -OCH3 is 2. The number of hydrogen-bond acceptors (Lipinski definition) is 8. The molecule has 0 bridgehead atoms. The van der Waals surface area contributed by atoms with Gasteiger partial charge in [0.2, 0.25) is 0 Å². The summed E-state index contributed by atoms with van der Waals surface area (Å²) in [5.74, 6) is 2.03. The third-order valence-electron chi connectivity index (χ3n) is 5.12. The van der Waals surface area contributed by atoms with Gasteiger partial charge in [-0.25, -0.2) is 4.98 Å². The molecule has 162 valence electrons. The molecule has 9 nitrogen and oxygen atoms in total. The van der Waals surface area contributed by atoms with Gasteiger partial charge in [-0.05, 0) is 18.6 Å². The number of pyridine rings is 1. The molecule has 0 spiro atoms. The van der Waals surface area contributed by atoms with Crippen LogP contribution in [-0.4, -0.2) is 68.4 Å². The Morgan fingerprint density at radius 1 is 1.20 bits per heavy atom. The highest BCUT2D eigenvalue weighted by Gasteiger charge is 2.17. The van der Waals surface area contributed by atoms with Gasteiger partial charge in [0.25, 0.3) is 5.69 Å². The summed E-state index contributed by atoms with van der Waals surface area (Å²) < 4.78 is 16.4. The molecule has 0 unspecified atom stereocenters. The first kappa shape index (κ1) is 21.8. The Bertz CT molecular complexity index is 825. The molecule has 0 N–H and O–H groups in total. The zero-order valence-electron chi connectivity index (χ0n) is 17.5. The molecule has 0 saturated carbocycles. The van der Waals surface area contributed by atoms with Crippen molar-refractivity contribution >= 4 is 11.5 Å². The standard InChI is InChI=1S/C21H28N4O5/c1-28-19-6-3-5-17(21(19)29-2)16-24(10-4-9-23-11-13-30-14-12-23)20-8-7-18(15-22-20)25(26)27/h3,5-8,15H,4,9-14,16H2,1-2H3. The minimum absolute atomic E-state index is 0.0222. The van der Waals surface area contributed by atoms with E-state index in [2.05, 4.69) is 14.8 Å². The summed E-state index contributed by atoms with van der Waals surface area (Å²) in [4.78, 5) is 19.4. The number of hydrogen-bond donors (Lipinski definition) is 0. The third kappa shape index (κ3) is 5.58. The third-order valence-corrected chi connectivity index (χ3v) is 5.12. The smallest absolute Gasteiger partial charge is 0.287 e. The topological polar surface area (TPSA) is 90.2 Å². The second kappa shape index (κ2) is 10.7. The Hall–Kier alpha value is -2.91. The summed E-state index contributed by atoms with van der Waals surface area (Å²) in [6.45, 7) is 5.70. The van der Waals surface area contributed by atoms with E-state index in [-0.39, 0.29) is 5.69 Å². The largest absolute Gasteiger partial charge is 0.493 e. The van der Waals surface area contributed by atoms with Gasteiger partial charge in [0.05, 0.1) is 32.4 Å². The number of nitro groups is 1. The highest BCUT2D eigenvalue weighted by atomic mass is 16.6. The first-order chi connectivity index (χ1) is 14.6. The van der Waals surface area contributed by atoms with Gasteiger partial charge in [0, 0.05) is 44.4 Å². The Kier molecular flexibility index (Phi) is 7.81. The van der Waals surface area contributed by atoms with Crippen LogP contribution in [0.3, 0.4) is 0 Å². The molecule has 1 aromatic heterocycles. The summed E-state index contributed by atoms with van der Waals surface area (Å²) in [6, 6.07) is 8.95. The fraction of sp³-hybridized carbons (Fsp3) is 0.476. The van der Waals surface area contributed by atoms with Crippen molar-refractivity contribution in [1.82, 2.24) is 9.88 Å². The minimum atomic E-state index is -0.440. The van der Waals surface area contributed by atoms with Gasteiger partial charge in [0.1, 0.15) is 12.0 Å². The maximum absolute atomic E-state index is 11.0. The van der Waals surface area contributed by atoms with Crippen molar-refractivity contribution in [3.05, 3.63) is 52.2 Å². The number of anilines is 1. The maximum atomic E-state index is 11.0. The molecular weight excluding hydrogens is 388 g/mol. The lowest BCUT2D eigenvalue weighted by atomic mass is 10.1. The van der Waals surface area contributed by atoms with E-state index in [1.54, 1.807) is 20.3 Å². The summed E-state index contributed by atoms with van der Waals surface area (Å²) in [7, 11) is 3.23. The monoisotopic (exact) mass is 416 g/mol. The fourth-order valence-electron chi connectivity index (χ4n) is 3.54. The highest BCUT2D eigenvalue weighted by molar-refractivity contribution is 5.50. The van der Waals surface area contributed by atoms with Crippen LogP contribution in [0.2, 0.25) is 0 Å². The Labute approximate surface area is 176 Å². The van der Waals surface area contributed by atoms with Gasteiger partial charge in [-0.15, -0.1) is 0 Å².